The number of nitrogens with one attached hydrogen (secondary N) is 1. The molecule has 12 rings (SSSR count). The van der Waals surface area contributed by atoms with Crippen molar-refractivity contribution in [3.63, 3.8) is 0 Å². The summed E-state index contributed by atoms with van der Waals surface area (Å²) in [6.45, 7) is 9.41. The van der Waals surface area contributed by atoms with Crippen molar-refractivity contribution in [2.75, 3.05) is 18.0 Å². The fraction of sp³-hybridized carbons (Fsp3) is 0.203. The lowest BCUT2D eigenvalue weighted by Gasteiger charge is -2.34. The minimum Gasteiger partial charge on any atom is -0.457 e. The lowest BCUT2D eigenvalue weighted by Crippen LogP contribution is -2.42. The molecule has 0 saturated heterocycles. The number of unbranched alkanes of at least 4 members (excludes halogenated alkanes) is 3. The number of carbonyl (C=O) groups is 5. The van der Waals surface area contributed by atoms with E-state index in [9.17, 15) is 56.7 Å². The molecule has 0 bridgehead atoms. The zero-order chi connectivity index (χ0) is 69.5. The molecule has 97 heavy (non-hydrogen) atoms. The van der Waals surface area contributed by atoms with Gasteiger partial charge in [-0.3, -0.25) is 47.1 Å². The number of hydrogen-bond acceptors (Lipinski definition) is 17. The first kappa shape index (κ1) is 67.1. The lowest BCUT2D eigenvalue weighted by molar-refractivity contribution is -0.121. The molecule has 0 fully saturated rings. The quantitative estimate of drug-likeness (QED) is 0.0131. The Balaban J connectivity index is 1.27. The Hall–Kier alpha value is -9.91. The average molecular weight is 1390 g/mol. The predicted molar refractivity (Wildman–Crippen MR) is 356 cm³/mol. The zero-order valence-electron chi connectivity index (χ0n) is 52.1. The molecule has 5 amide bonds. The third-order valence-electron chi connectivity index (χ3n) is 16.9. The second-order valence-electron chi connectivity index (χ2n) is 23.8. The molecule has 0 radical (unpaired) electrons. The highest BCUT2D eigenvalue weighted by molar-refractivity contribution is 7.86. The van der Waals surface area contributed by atoms with Gasteiger partial charge in [-0.25, -0.2) is 4.90 Å². The molecule has 0 aliphatic carbocycles. The number of nitrogens with zero attached hydrogens (tertiary/aromatic N) is 2. The van der Waals surface area contributed by atoms with E-state index in [1.807, 2.05) is 34.6 Å². The molecule has 5 N–H and O–H groups in total. The van der Waals surface area contributed by atoms with E-state index in [0.717, 1.165) is 77.6 Å². The van der Waals surface area contributed by atoms with Gasteiger partial charge in [0, 0.05) is 62.6 Å². The number of fused-ring (bicyclic) bond motifs is 2. The van der Waals surface area contributed by atoms with E-state index in [1.165, 1.54) is 72.8 Å². The summed E-state index contributed by atoms with van der Waals surface area (Å²) in [6.07, 6.45) is 3.02. The van der Waals surface area contributed by atoms with Crippen molar-refractivity contribution >= 4 is 119 Å². The average Bonchev–Trinajstić information content (AvgIpc) is 0.672. The monoisotopic (exact) mass is 1390 g/mol. The molecule has 0 spiro atoms. The van der Waals surface area contributed by atoms with Gasteiger partial charge in [0.15, 0.2) is 0 Å². The van der Waals surface area contributed by atoms with Crippen LogP contribution in [0.5, 0.6) is 46.0 Å². The van der Waals surface area contributed by atoms with Gasteiger partial charge in [0.1, 0.15) is 46.0 Å². The van der Waals surface area contributed by atoms with Crippen molar-refractivity contribution in [3.05, 3.63) is 173 Å². The SMILES string of the molecule is CCCCCCNC(=O)CCN1C(=O)c2cc(Oc3ccc(S(=O)(=O)O)cc3)c3c4c(Oc5ccc(S(=O)(=O)O)cc5)cc5c6c(cc(Oc7ccc(S(=O)(=O)O)cc7)c(c7c(Oc8ccc(S(=O)(=O)O)cc8)cc(c2c37)C1=O)c64)C(=O)N(c1c(C(C)C)cccc1C(C)C)C5=O. The number of benzene rings is 10. The van der Waals surface area contributed by atoms with Crippen LogP contribution in [-0.4, -0.2) is 99.4 Å². The summed E-state index contributed by atoms with van der Waals surface area (Å²) in [5.74, 6) is -6.41. The van der Waals surface area contributed by atoms with Gasteiger partial charge >= 0.3 is 0 Å². The number of amides is 5. The fourth-order valence-corrected chi connectivity index (χ4v) is 14.3. The molecule has 0 saturated carbocycles. The first-order valence-electron chi connectivity index (χ1n) is 30.4. The number of anilines is 1. The van der Waals surface area contributed by atoms with E-state index in [2.05, 4.69) is 5.32 Å². The maximum Gasteiger partial charge on any atom is 0.294 e. The third kappa shape index (κ3) is 12.6. The zero-order valence-corrected chi connectivity index (χ0v) is 55.4. The standard InChI is InChI=1S/C69H59N3O21S4/c1-6-7-8-9-30-70-56(73)29-31-71-66(74)48-32-52(90-38-13-21-42(22-14-38)94(78,79)80)59-61-54(92-40-17-25-44(26-18-40)96(84,85)86)34-50-58-51(69(77)72(68(50)76)65-46(36(2)3)11-10-12-47(65)37(4)5)35-55(93-41-19-27-45(28-20-41)97(87,88)89)62(64(58)61)60-53(33-49(67(71)75)57(48)63(59)60)91-39-15-23-43(24-16-39)95(81,82)83/h10-28,32-37H,6-9,29-31H2,1-5H3,(H,70,73)(H,78,79,80)(H,81,82,83)(H,84,85,86)(H,87,88,89). The van der Waals surface area contributed by atoms with Crippen LogP contribution < -0.4 is 29.2 Å². The van der Waals surface area contributed by atoms with Crippen molar-refractivity contribution in [3.8, 4) is 46.0 Å². The van der Waals surface area contributed by atoms with Crippen molar-refractivity contribution in [1.29, 1.82) is 0 Å². The number of imide groups is 2. The summed E-state index contributed by atoms with van der Waals surface area (Å²) < 4.78 is 167. The molecule has 10 aromatic carbocycles. The van der Waals surface area contributed by atoms with Gasteiger partial charge in [-0.1, -0.05) is 72.1 Å². The molecule has 2 aliphatic rings. The van der Waals surface area contributed by atoms with E-state index >= 15 is 19.2 Å². The normalized spacial score (nSPS) is 13.7. The molecule has 0 atom stereocenters. The molecule has 24 nitrogen and oxygen atoms in total. The lowest BCUT2D eigenvalue weighted by atomic mass is 9.80. The number of ether oxygens (including phenoxy) is 4. The Bertz CT molecular complexity index is 5140. The molecule has 0 unspecified atom stereocenters. The number of hydrogen-bond donors (Lipinski definition) is 5. The van der Waals surface area contributed by atoms with E-state index in [0.29, 0.717) is 24.1 Å². The number of para-hydroxylation sites is 1. The maximum absolute atomic E-state index is 16.2. The van der Waals surface area contributed by atoms with E-state index in [1.54, 1.807) is 18.2 Å². The van der Waals surface area contributed by atoms with E-state index in [4.69, 9.17) is 18.9 Å². The summed E-state index contributed by atoms with van der Waals surface area (Å²) in [7, 11) is -19.2. The second kappa shape index (κ2) is 25.3. The Morgan fingerprint density at radius 1 is 0.423 bits per heavy atom. The topological polar surface area (TPSA) is 358 Å². The van der Waals surface area contributed by atoms with Gasteiger partial charge in [-0.15, -0.1) is 0 Å². The van der Waals surface area contributed by atoms with Gasteiger partial charge < -0.3 is 24.3 Å². The van der Waals surface area contributed by atoms with Gasteiger partial charge in [-0.05, 0) is 151 Å². The number of carbonyl (C=O) groups excluding carboxylic acids is 5. The minimum absolute atomic E-state index is 0.0690. The molecule has 28 heteroatoms. The summed E-state index contributed by atoms with van der Waals surface area (Å²) >= 11 is 0. The van der Waals surface area contributed by atoms with E-state index < -0.39 is 96.1 Å². The van der Waals surface area contributed by atoms with Crippen molar-refractivity contribution in [2.45, 2.75) is 98.1 Å². The predicted octanol–water partition coefficient (Wildman–Crippen LogP) is 13.6. The van der Waals surface area contributed by atoms with Crippen molar-refractivity contribution < 1.29 is 94.8 Å². The number of rotatable bonds is 23. The fourth-order valence-electron chi connectivity index (χ4n) is 12.4. The summed E-state index contributed by atoms with van der Waals surface area (Å²) in [5, 5.41) is 2.10. The Labute approximate surface area is 555 Å². The highest BCUT2D eigenvalue weighted by Gasteiger charge is 2.43. The van der Waals surface area contributed by atoms with Crippen LogP contribution in [0.4, 0.5) is 5.69 Å². The second-order valence-corrected chi connectivity index (χ2v) is 29.5. The summed E-state index contributed by atoms with van der Waals surface area (Å²) in [6, 6.07) is 28.3. The minimum atomic E-state index is -4.80. The molecule has 10 aromatic rings. The largest absolute Gasteiger partial charge is 0.457 e. The van der Waals surface area contributed by atoms with Crippen LogP contribution in [0.2, 0.25) is 0 Å². The Morgan fingerprint density at radius 2 is 0.732 bits per heavy atom. The van der Waals surface area contributed by atoms with Crippen LogP contribution >= 0.6 is 0 Å². The maximum atomic E-state index is 16.2. The van der Waals surface area contributed by atoms with Gasteiger partial charge in [0.2, 0.25) is 5.91 Å². The van der Waals surface area contributed by atoms with Crippen LogP contribution in [0.25, 0.3) is 43.1 Å². The molecular formula is C69H59N3O21S4. The first-order chi connectivity index (χ1) is 45.8. The van der Waals surface area contributed by atoms with Crippen molar-refractivity contribution in [2.24, 2.45) is 0 Å². The molecular weight excluding hydrogens is 1340 g/mol. The van der Waals surface area contributed by atoms with Gasteiger partial charge in [0.05, 0.1) is 47.5 Å². The van der Waals surface area contributed by atoms with Crippen LogP contribution in [-0.2, 0) is 45.3 Å². The Morgan fingerprint density at radius 3 is 1.02 bits per heavy atom. The molecule has 500 valence electrons. The first-order valence-corrected chi connectivity index (χ1v) is 36.1. The molecule has 0 aromatic heterocycles. The van der Waals surface area contributed by atoms with Crippen LogP contribution in [0.3, 0.4) is 0 Å². The Kier molecular flexibility index (Phi) is 17.5. The third-order valence-corrected chi connectivity index (χ3v) is 20.3. The molecule has 2 heterocycles. The van der Waals surface area contributed by atoms with Gasteiger partial charge in [-0.2, -0.15) is 33.7 Å². The smallest absolute Gasteiger partial charge is 0.294 e. The van der Waals surface area contributed by atoms with Crippen molar-refractivity contribution in [1.82, 2.24) is 10.2 Å². The highest BCUT2D eigenvalue weighted by Crippen LogP contribution is 2.58. The van der Waals surface area contributed by atoms with E-state index in [-0.39, 0.29) is 135 Å². The van der Waals surface area contributed by atoms with Crippen LogP contribution in [0, 0.1) is 0 Å². The molecule has 2 aliphatic heterocycles. The summed E-state index contributed by atoms with van der Waals surface area (Å²) in [4.78, 5) is 76.6. The van der Waals surface area contributed by atoms with Crippen LogP contribution in [0.15, 0.2) is 159 Å². The highest BCUT2D eigenvalue weighted by atomic mass is 32.2. The van der Waals surface area contributed by atoms with Gasteiger partial charge in [0.25, 0.3) is 64.1 Å². The summed E-state index contributed by atoms with van der Waals surface area (Å²) in [5.41, 5.74) is 0.594. The van der Waals surface area contributed by atoms with Crippen LogP contribution in [0.1, 0.15) is 131 Å².